The first-order chi connectivity index (χ1) is 10.6. The standard InChI is InChI=1S/C6H14N2O2S.C5H12N2O2S.CH2O.ClH/c1-8-3-2-6(4-8)5-11(7,9)10;6-10(8,9)4-5-1-2-7-3-5;1-2;/h6H,2-5H2,1H3,(H2,7,9,10);5,7H,1-4H2,(H2,6,8,9);1H2;1H. The Morgan fingerprint density at radius 1 is 1.04 bits per heavy atom. The Morgan fingerprint density at radius 3 is 1.88 bits per heavy atom. The zero-order valence-corrected chi connectivity index (χ0v) is 16.3. The Balaban J connectivity index is 0. The van der Waals surface area contributed by atoms with Gasteiger partial charge in [-0.25, -0.2) is 27.1 Å². The number of halogens is 1. The lowest BCUT2D eigenvalue weighted by molar-refractivity contribution is -0.0980. The molecule has 2 atom stereocenters. The Hall–Kier alpha value is -0.300. The van der Waals surface area contributed by atoms with Crippen LogP contribution in [0.3, 0.4) is 0 Å². The summed E-state index contributed by atoms with van der Waals surface area (Å²) in [6.45, 7) is 5.55. The van der Waals surface area contributed by atoms with Gasteiger partial charge >= 0.3 is 0 Å². The van der Waals surface area contributed by atoms with Gasteiger partial charge in [-0.15, -0.1) is 12.4 Å². The normalized spacial score (nSPS) is 24.1. The second-order valence-corrected chi connectivity index (χ2v) is 9.25. The van der Waals surface area contributed by atoms with Gasteiger partial charge in [-0.2, -0.15) is 0 Å². The first kappa shape index (κ1) is 25.9. The number of primary sulfonamides is 2. The second kappa shape index (κ2) is 12.1. The minimum Gasteiger partial charge on any atom is -0.316 e. The van der Waals surface area contributed by atoms with Gasteiger partial charge in [0.2, 0.25) is 20.0 Å². The molecular weight excluding hydrogens is 380 g/mol. The van der Waals surface area contributed by atoms with Crippen LogP contribution in [0.5, 0.6) is 0 Å². The van der Waals surface area contributed by atoms with Gasteiger partial charge in [0.25, 0.3) is 0 Å². The van der Waals surface area contributed by atoms with Crippen molar-refractivity contribution >= 4 is 39.2 Å². The molecule has 0 aromatic rings. The van der Waals surface area contributed by atoms with Gasteiger partial charge in [-0.3, -0.25) is 0 Å². The summed E-state index contributed by atoms with van der Waals surface area (Å²) in [7, 11) is -4.52. The fourth-order valence-electron chi connectivity index (χ4n) is 2.68. The van der Waals surface area contributed by atoms with Gasteiger partial charge in [0.05, 0.1) is 11.5 Å². The molecule has 0 aromatic heterocycles. The number of nitrogens with zero attached hydrogens (tertiary/aromatic N) is 1. The molecule has 146 valence electrons. The van der Waals surface area contributed by atoms with E-state index in [0.29, 0.717) is 0 Å². The molecule has 0 spiro atoms. The number of rotatable bonds is 4. The number of nitrogens with two attached hydrogens (primary N) is 2. The molecule has 5 N–H and O–H groups in total. The van der Waals surface area contributed by atoms with Crippen LogP contribution in [0.2, 0.25) is 0 Å². The van der Waals surface area contributed by atoms with Gasteiger partial charge < -0.3 is 15.0 Å². The molecule has 2 rings (SSSR count). The summed E-state index contributed by atoms with van der Waals surface area (Å²) < 4.78 is 42.4. The summed E-state index contributed by atoms with van der Waals surface area (Å²) in [6.07, 6.45) is 1.88. The average Bonchev–Trinajstić information content (AvgIpc) is 3.01. The molecule has 12 heteroatoms. The van der Waals surface area contributed by atoms with Crippen molar-refractivity contribution in [3.05, 3.63) is 0 Å². The van der Waals surface area contributed by atoms with Gasteiger partial charge in [0, 0.05) is 6.54 Å². The molecule has 2 heterocycles. The molecule has 0 aromatic carbocycles. The van der Waals surface area contributed by atoms with Crippen LogP contribution in [-0.2, 0) is 24.8 Å². The molecule has 0 bridgehead atoms. The molecule has 24 heavy (non-hydrogen) atoms. The van der Waals surface area contributed by atoms with Crippen molar-refractivity contribution in [2.24, 2.45) is 22.1 Å². The summed E-state index contributed by atoms with van der Waals surface area (Å²) in [4.78, 5) is 10.1. The van der Waals surface area contributed by atoms with Gasteiger partial charge in [0.1, 0.15) is 6.79 Å². The quantitative estimate of drug-likeness (QED) is 0.503. The van der Waals surface area contributed by atoms with Crippen molar-refractivity contribution < 1.29 is 21.6 Å². The van der Waals surface area contributed by atoms with Crippen molar-refractivity contribution in [2.45, 2.75) is 12.8 Å². The summed E-state index contributed by atoms with van der Waals surface area (Å²) in [6, 6.07) is 0. The van der Waals surface area contributed by atoms with Crippen LogP contribution in [0.25, 0.3) is 0 Å². The van der Waals surface area contributed by atoms with Crippen LogP contribution >= 0.6 is 12.4 Å². The Morgan fingerprint density at radius 2 is 1.54 bits per heavy atom. The highest BCUT2D eigenvalue weighted by atomic mass is 35.5. The fraction of sp³-hybridized carbons (Fsp3) is 0.917. The Kier molecular flexibility index (Phi) is 13.1. The molecule has 2 aliphatic rings. The lowest BCUT2D eigenvalue weighted by Crippen LogP contribution is -2.24. The number of likely N-dealkylation sites (tertiary alicyclic amines) is 1. The highest BCUT2D eigenvalue weighted by Gasteiger charge is 2.23. The van der Waals surface area contributed by atoms with E-state index >= 15 is 0 Å². The average molecular weight is 409 g/mol. The smallest absolute Gasteiger partial charge is 0.209 e. The van der Waals surface area contributed by atoms with Crippen molar-refractivity contribution in [2.75, 3.05) is 44.7 Å². The molecule has 0 amide bonds. The molecule has 0 radical (unpaired) electrons. The largest absolute Gasteiger partial charge is 0.316 e. The third-order valence-electron chi connectivity index (χ3n) is 3.59. The number of carbonyl (C=O) groups excluding carboxylic acids is 1. The van der Waals surface area contributed by atoms with Crippen molar-refractivity contribution in [3.8, 4) is 0 Å². The summed E-state index contributed by atoms with van der Waals surface area (Å²) >= 11 is 0. The zero-order chi connectivity index (χ0) is 18.1. The van der Waals surface area contributed by atoms with Crippen molar-refractivity contribution in [3.63, 3.8) is 0 Å². The zero-order valence-electron chi connectivity index (χ0n) is 13.9. The van der Waals surface area contributed by atoms with Crippen LogP contribution in [0.4, 0.5) is 0 Å². The van der Waals surface area contributed by atoms with E-state index in [9.17, 15) is 16.8 Å². The highest BCUT2D eigenvalue weighted by molar-refractivity contribution is 7.89. The second-order valence-electron chi connectivity index (χ2n) is 5.93. The maximum absolute atomic E-state index is 10.7. The summed E-state index contributed by atoms with van der Waals surface area (Å²) in [5, 5.41) is 12.8. The molecule has 2 fully saturated rings. The van der Waals surface area contributed by atoms with Crippen LogP contribution in [0.1, 0.15) is 12.8 Å². The maximum atomic E-state index is 10.7. The summed E-state index contributed by atoms with van der Waals surface area (Å²) in [5.74, 6) is 0.738. The Labute approximate surface area is 151 Å². The maximum Gasteiger partial charge on any atom is 0.209 e. The SMILES string of the molecule is C=O.CN1CCC(CS(N)(=O)=O)C1.Cl.NS(=O)(=O)CC1CCNC1. The number of sulfonamides is 2. The van der Waals surface area contributed by atoms with E-state index in [-0.39, 0.29) is 35.7 Å². The minimum atomic E-state index is -3.26. The summed E-state index contributed by atoms with van der Waals surface area (Å²) in [5.41, 5.74) is 0. The first-order valence-corrected chi connectivity index (χ1v) is 10.7. The van der Waals surface area contributed by atoms with E-state index in [1.54, 1.807) is 0 Å². The van der Waals surface area contributed by atoms with Crippen LogP contribution in [0.15, 0.2) is 0 Å². The fourth-order valence-corrected chi connectivity index (χ4v) is 4.55. The van der Waals surface area contributed by atoms with E-state index in [0.717, 1.165) is 39.0 Å². The first-order valence-electron chi connectivity index (χ1n) is 7.24. The van der Waals surface area contributed by atoms with E-state index < -0.39 is 20.0 Å². The number of hydrogen-bond donors (Lipinski definition) is 3. The topological polar surface area (TPSA) is 153 Å². The molecular formula is C12H29ClN4O5S2. The van der Waals surface area contributed by atoms with E-state index in [2.05, 4.69) is 10.2 Å². The van der Waals surface area contributed by atoms with Crippen LogP contribution in [0, 0.1) is 11.8 Å². The highest BCUT2D eigenvalue weighted by Crippen LogP contribution is 2.14. The third-order valence-corrected chi connectivity index (χ3v) is 5.46. The lowest BCUT2D eigenvalue weighted by Gasteiger charge is -2.07. The van der Waals surface area contributed by atoms with E-state index in [4.69, 9.17) is 15.1 Å². The monoisotopic (exact) mass is 408 g/mol. The third kappa shape index (κ3) is 14.1. The molecule has 9 nitrogen and oxygen atoms in total. The minimum absolute atomic E-state index is 0. The molecule has 2 aliphatic heterocycles. The van der Waals surface area contributed by atoms with Crippen molar-refractivity contribution in [1.82, 2.24) is 10.2 Å². The predicted octanol–water partition coefficient (Wildman–Crippen LogP) is -1.65. The number of hydrogen-bond acceptors (Lipinski definition) is 7. The van der Waals surface area contributed by atoms with E-state index in [1.165, 1.54) is 0 Å². The van der Waals surface area contributed by atoms with Gasteiger partial charge in [-0.05, 0) is 51.4 Å². The number of carbonyl (C=O) groups is 1. The van der Waals surface area contributed by atoms with E-state index in [1.807, 2.05) is 13.8 Å². The van der Waals surface area contributed by atoms with Crippen LogP contribution in [-0.4, -0.2) is 73.3 Å². The molecule has 2 unspecified atom stereocenters. The van der Waals surface area contributed by atoms with Crippen LogP contribution < -0.4 is 15.6 Å². The Bertz CT molecular complexity index is 538. The predicted molar refractivity (Wildman–Crippen MR) is 96.9 cm³/mol. The van der Waals surface area contributed by atoms with Crippen molar-refractivity contribution in [1.29, 1.82) is 0 Å². The van der Waals surface area contributed by atoms with Gasteiger partial charge in [-0.1, -0.05) is 0 Å². The molecule has 0 aliphatic carbocycles. The lowest BCUT2D eigenvalue weighted by atomic mass is 10.2. The number of nitrogens with one attached hydrogen (secondary N) is 1. The molecule has 0 saturated carbocycles. The van der Waals surface area contributed by atoms with Gasteiger partial charge in [0.15, 0.2) is 0 Å². The molecule has 2 saturated heterocycles.